The van der Waals surface area contributed by atoms with Crippen LogP contribution in [0.15, 0.2) is 61.2 Å². The van der Waals surface area contributed by atoms with Gasteiger partial charge < -0.3 is 10.2 Å². The van der Waals surface area contributed by atoms with Crippen LogP contribution in [0.1, 0.15) is 28.9 Å². The first kappa shape index (κ1) is 18.1. The zero-order chi connectivity index (χ0) is 19.3. The number of aromatic nitrogens is 3. The molecule has 1 aliphatic heterocycles. The monoisotopic (exact) mass is 373 g/mol. The molecule has 28 heavy (non-hydrogen) atoms. The van der Waals surface area contributed by atoms with E-state index in [0.29, 0.717) is 5.56 Å². The highest BCUT2D eigenvalue weighted by molar-refractivity contribution is 5.95. The number of anilines is 1. The Morgan fingerprint density at radius 3 is 2.68 bits per heavy atom. The van der Waals surface area contributed by atoms with Crippen molar-refractivity contribution in [2.75, 3.05) is 18.0 Å². The SMILES string of the molecule is Cc1cc(-c2ccc(C(=O)N[C@H]3CCCN(c4cnccn4)C3)cc2)ccn1. The molecule has 0 aliphatic carbocycles. The van der Waals surface area contributed by atoms with E-state index >= 15 is 0 Å². The Morgan fingerprint density at radius 2 is 1.93 bits per heavy atom. The van der Waals surface area contributed by atoms with E-state index < -0.39 is 0 Å². The first-order chi connectivity index (χ1) is 13.7. The predicted molar refractivity (Wildman–Crippen MR) is 109 cm³/mol. The fraction of sp³-hybridized carbons (Fsp3) is 0.273. The Balaban J connectivity index is 1.40. The Hall–Kier alpha value is -3.28. The number of amides is 1. The first-order valence-electron chi connectivity index (χ1n) is 9.54. The zero-order valence-corrected chi connectivity index (χ0v) is 15.9. The van der Waals surface area contributed by atoms with Crippen molar-refractivity contribution in [3.63, 3.8) is 0 Å². The van der Waals surface area contributed by atoms with Crippen molar-refractivity contribution < 1.29 is 4.79 Å². The van der Waals surface area contributed by atoms with E-state index in [4.69, 9.17) is 0 Å². The van der Waals surface area contributed by atoms with E-state index in [2.05, 4.69) is 25.2 Å². The second kappa shape index (κ2) is 8.17. The van der Waals surface area contributed by atoms with E-state index in [1.165, 1.54) is 0 Å². The maximum Gasteiger partial charge on any atom is 0.251 e. The number of nitrogens with one attached hydrogen (secondary N) is 1. The van der Waals surface area contributed by atoms with Crippen molar-refractivity contribution in [3.8, 4) is 11.1 Å². The Bertz CT molecular complexity index is 943. The molecule has 4 rings (SSSR count). The van der Waals surface area contributed by atoms with E-state index in [1.807, 2.05) is 43.3 Å². The predicted octanol–water partition coefficient (Wildman–Crippen LogP) is 3.25. The summed E-state index contributed by atoms with van der Waals surface area (Å²) < 4.78 is 0. The van der Waals surface area contributed by atoms with Gasteiger partial charge in [-0.15, -0.1) is 0 Å². The van der Waals surface area contributed by atoms with Gasteiger partial charge in [0.1, 0.15) is 5.82 Å². The molecular formula is C22H23N5O. The number of nitrogens with zero attached hydrogens (tertiary/aromatic N) is 4. The molecule has 3 heterocycles. The molecular weight excluding hydrogens is 350 g/mol. The zero-order valence-electron chi connectivity index (χ0n) is 15.9. The van der Waals surface area contributed by atoms with E-state index in [0.717, 1.165) is 48.6 Å². The second-order valence-electron chi connectivity index (χ2n) is 7.09. The molecule has 0 spiro atoms. The fourth-order valence-electron chi connectivity index (χ4n) is 3.57. The van der Waals surface area contributed by atoms with Gasteiger partial charge in [0, 0.05) is 49.0 Å². The summed E-state index contributed by atoms with van der Waals surface area (Å²) in [7, 11) is 0. The van der Waals surface area contributed by atoms with Crippen LogP contribution in [0, 0.1) is 6.92 Å². The average molecular weight is 373 g/mol. The molecule has 0 saturated carbocycles. The normalized spacial score (nSPS) is 16.6. The molecule has 3 aromatic rings. The van der Waals surface area contributed by atoms with Gasteiger partial charge in [-0.05, 0) is 55.2 Å². The highest BCUT2D eigenvalue weighted by Gasteiger charge is 2.22. The standard InChI is InChI=1S/C22H23N5O/c1-16-13-19(8-9-24-16)17-4-6-18(7-5-17)22(28)26-20-3-2-12-27(15-20)21-14-23-10-11-25-21/h4-11,13-14,20H,2-3,12,15H2,1H3,(H,26,28)/t20-/m0/s1. The van der Waals surface area contributed by atoms with Crippen molar-refractivity contribution in [1.29, 1.82) is 0 Å². The number of benzene rings is 1. The lowest BCUT2D eigenvalue weighted by atomic mass is 10.0. The smallest absolute Gasteiger partial charge is 0.251 e. The maximum atomic E-state index is 12.7. The Morgan fingerprint density at radius 1 is 1.07 bits per heavy atom. The van der Waals surface area contributed by atoms with Crippen LogP contribution in [-0.2, 0) is 0 Å². The minimum absolute atomic E-state index is 0.0385. The number of piperidine rings is 1. The number of hydrogen-bond acceptors (Lipinski definition) is 5. The number of carbonyl (C=O) groups is 1. The molecule has 6 heteroatoms. The lowest BCUT2D eigenvalue weighted by Crippen LogP contribution is -2.48. The van der Waals surface area contributed by atoms with Crippen LogP contribution in [0.2, 0.25) is 0 Å². The van der Waals surface area contributed by atoms with E-state index in [1.54, 1.807) is 24.8 Å². The molecule has 1 aliphatic rings. The topological polar surface area (TPSA) is 71.0 Å². The van der Waals surface area contributed by atoms with Crippen LogP contribution in [-0.4, -0.2) is 40.0 Å². The van der Waals surface area contributed by atoms with E-state index in [-0.39, 0.29) is 11.9 Å². The summed E-state index contributed by atoms with van der Waals surface area (Å²) >= 11 is 0. The highest BCUT2D eigenvalue weighted by Crippen LogP contribution is 2.21. The van der Waals surface area contributed by atoms with Crippen molar-refractivity contribution in [3.05, 3.63) is 72.4 Å². The van der Waals surface area contributed by atoms with Gasteiger partial charge in [0.15, 0.2) is 0 Å². The maximum absolute atomic E-state index is 12.7. The summed E-state index contributed by atoms with van der Waals surface area (Å²) in [5.41, 5.74) is 3.83. The lowest BCUT2D eigenvalue weighted by Gasteiger charge is -2.33. The van der Waals surface area contributed by atoms with Crippen LogP contribution >= 0.6 is 0 Å². The number of aryl methyl sites for hydroxylation is 1. The molecule has 1 saturated heterocycles. The number of hydrogen-bond donors (Lipinski definition) is 1. The summed E-state index contributed by atoms with van der Waals surface area (Å²) in [6.45, 7) is 3.66. The molecule has 0 radical (unpaired) electrons. The molecule has 0 bridgehead atoms. The molecule has 142 valence electrons. The second-order valence-corrected chi connectivity index (χ2v) is 7.09. The van der Waals surface area contributed by atoms with Gasteiger partial charge in [-0.25, -0.2) is 4.98 Å². The number of carbonyl (C=O) groups excluding carboxylic acids is 1. The molecule has 0 unspecified atom stereocenters. The van der Waals surface area contributed by atoms with Crippen LogP contribution in [0.4, 0.5) is 5.82 Å². The largest absolute Gasteiger partial charge is 0.353 e. The summed E-state index contributed by atoms with van der Waals surface area (Å²) in [5, 5.41) is 3.16. The molecule has 1 atom stereocenters. The minimum Gasteiger partial charge on any atom is -0.353 e. The highest BCUT2D eigenvalue weighted by atomic mass is 16.1. The summed E-state index contributed by atoms with van der Waals surface area (Å²) in [6, 6.07) is 11.8. The molecule has 2 aromatic heterocycles. The summed E-state index contributed by atoms with van der Waals surface area (Å²) in [5.74, 6) is 0.821. The minimum atomic E-state index is -0.0385. The van der Waals surface area contributed by atoms with Crippen molar-refractivity contribution >= 4 is 11.7 Å². The quantitative estimate of drug-likeness (QED) is 0.760. The van der Waals surface area contributed by atoms with Crippen LogP contribution in [0.3, 0.4) is 0 Å². The fourth-order valence-corrected chi connectivity index (χ4v) is 3.57. The van der Waals surface area contributed by atoms with Gasteiger partial charge in [0.2, 0.25) is 0 Å². The number of rotatable bonds is 4. The van der Waals surface area contributed by atoms with Gasteiger partial charge in [-0.2, -0.15) is 0 Å². The average Bonchev–Trinajstić information content (AvgIpc) is 2.75. The van der Waals surface area contributed by atoms with Crippen molar-refractivity contribution in [1.82, 2.24) is 20.3 Å². The lowest BCUT2D eigenvalue weighted by molar-refractivity contribution is 0.0933. The molecule has 1 N–H and O–H groups in total. The van der Waals surface area contributed by atoms with Gasteiger partial charge in [-0.1, -0.05) is 12.1 Å². The molecule has 1 aromatic carbocycles. The van der Waals surface area contributed by atoms with Crippen LogP contribution in [0.5, 0.6) is 0 Å². The summed E-state index contributed by atoms with van der Waals surface area (Å²) in [4.78, 5) is 27.6. The Labute approximate surface area is 164 Å². The van der Waals surface area contributed by atoms with Gasteiger partial charge in [0.25, 0.3) is 5.91 Å². The van der Waals surface area contributed by atoms with Gasteiger partial charge in [0.05, 0.1) is 6.20 Å². The van der Waals surface area contributed by atoms with Gasteiger partial charge >= 0.3 is 0 Å². The molecule has 6 nitrogen and oxygen atoms in total. The van der Waals surface area contributed by atoms with Gasteiger partial charge in [-0.3, -0.25) is 14.8 Å². The third kappa shape index (κ3) is 4.17. The summed E-state index contributed by atoms with van der Waals surface area (Å²) in [6.07, 6.45) is 8.92. The van der Waals surface area contributed by atoms with Crippen LogP contribution in [0.25, 0.3) is 11.1 Å². The van der Waals surface area contributed by atoms with E-state index in [9.17, 15) is 4.79 Å². The Kier molecular flexibility index (Phi) is 5.28. The molecule has 1 fully saturated rings. The number of pyridine rings is 1. The van der Waals surface area contributed by atoms with Crippen LogP contribution < -0.4 is 10.2 Å². The molecule has 1 amide bonds. The van der Waals surface area contributed by atoms with Crippen molar-refractivity contribution in [2.45, 2.75) is 25.8 Å². The third-order valence-electron chi connectivity index (χ3n) is 5.01. The third-order valence-corrected chi connectivity index (χ3v) is 5.01. The first-order valence-corrected chi connectivity index (χ1v) is 9.54. The van der Waals surface area contributed by atoms with Crippen molar-refractivity contribution in [2.24, 2.45) is 0 Å².